The summed E-state index contributed by atoms with van der Waals surface area (Å²) >= 11 is 0. The Morgan fingerprint density at radius 1 is 1.44 bits per heavy atom. The molecule has 0 aromatic rings. The van der Waals surface area contributed by atoms with Crippen LogP contribution < -0.4 is 0 Å². The van der Waals surface area contributed by atoms with Gasteiger partial charge in [0.05, 0.1) is 0 Å². The summed E-state index contributed by atoms with van der Waals surface area (Å²) in [4.78, 5) is 2.59. The molecule has 0 aromatic carbocycles. The summed E-state index contributed by atoms with van der Waals surface area (Å²) in [6.45, 7) is 2.74. The molecule has 1 saturated carbocycles. The Kier molecular flexibility index (Phi) is 0.572. The maximum Gasteiger partial charge on any atom is 0.0244 e. The van der Waals surface area contributed by atoms with Crippen LogP contribution >= 0.6 is 0 Å². The molecular formula is C8H11N. The lowest BCUT2D eigenvalue weighted by molar-refractivity contribution is 0.399. The Balaban J connectivity index is 2.08. The Bertz CT molecular complexity index is 193. The largest absolute Gasteiger partial charge is 0.374 e. The van der Waals surface area contributed by atoms with Gasteiger partial charge in [-0.25, -0.2) is 0 Å². The van der Waals surface area contributed by atoms with E-state index in [9.17, 15) is 0 Å². The lowest BCUT2D eigenvalue weighted by Gasteiger charge is -2.14. The van der Waals surface area contributed by atoms with Crippen LogP contribution in [-0.2, 0) is 0 Å². The second kappa shape index (κ2) is 1.18. The van der Waals surface area contributed by atoms with Crippen molar-refractivity contribution in [3.8, 4) is 0 Å². The third kappa shape index (κ3) is 0.418. The predicted molar refractivity (Wildman–Crippen MR) is 35.9 cm³/mol. The van der Waals surface area contributed by atoms with Crippen molar-refractivity contribution < 1.29 is 0 Å². The summed E-state index contributed by atoms with van der Waals surface area (Å²) in [6.07, 6.45) is 4.27. The molecule has 1 heteroatoms. The monoisotopic (exact) mass is 121 g/mol. The van der Waals surface area contributed by atoms with Gasteiger partial charge in [0.1, 0.15) is 0 Å². The van der Waals surface area contributed by atoms with Crippen LogP contribution in [0.1, 0.15) is 19.3 Å². The van der Waals surface area contributed by atoms with Crippen molar-refractivity contribution in [2.45, 2.75) is 19.3 Å². The first-order chi connectivity index (χ1) is 4.45. The fourth-order valence-corrected chi connectivity index (χ4v) is 2.30. The second-order valence-corrected chi connectivity index (χ2v) is 3.42. The highest BCUT2D eigenvalue weighted by Crippen LogP contribution is 2.50. The first-order valence-electron chi connectivity index (χ1n) is 3.92. The highest BCUT2D eigenvalue weighted by Gasteiger charge is 2.43. The molecule has 2 fully saturated rings. The van der Waals surface area contributed by atoms with Crippen molar-refractivity contribution >= 4 is 0 Å². The van der Waals surface area contributed by atoms with Gasteiger partial charge in [0.2, 0.25) is 0 Å². The van der Waals surface area contributed by atoms with Crippen LogP contribution in [0.2, 0.25) is 0 Å². The van der Waals surface area contributed by atoms with Gasteiger partial charge in [0.25, 0.3) is 0 Å². The molecular weight excluding hydrogens is 110 g/mol. The van der Waals surface area contributed by atoms with Crippen molar-refractivity contribution in [2.75, 3.05) is 13.1 Å². The van der Waals surface area contributed by atoms with Crippen molar-refractivity contribution in [3.63, 3.8) is 0 Å². The van der Waals surface area contributed by atoms with Gasteiger partial charge >= 0.3 is 0 Å². The highest BCUT2D eigenvalue weighted by atomic mass is 15.2. The predicted octanol–water partition coefficient (Wildman–Crippen LogP) is 1.37. The number of hydrogen-bond acceptors (Lipinski definition) is 1. The van der Waals surface area contributed by atoms with Crippen LogP contribution in [0.4, 0.5) is 0 Å². The molecule has 48 valence electrons. The average Bonchev–Trinajstić information content (AvgIpc) is 2.38. The molecule has 2 aliphatic heterocycles. The molecule has 2 heterocycles. The van der Waals surface area contributed by atoms with E-state index in [0.29, 0.717) is 0 Å². The number of rotatable bonds is 0. The van der Waals surface area contributed by atoms with Gasteiger partial charge in [-0.3, -0.25) is 0 Å². The van der Waals surface area contributed by atoms with E-state index < -0.39 is 0 Å². The Morgan fingerprint density at radius 3 is 3.33 bits per heavy atom. The summed E-state index contributed by atoms with van der Waals surface area (Å²) in [5.74, 6) is 1.03. The third-order valence-electron chi connectivity index (χ3n) is 2.83. The van der Waals surface area contributed by atoms with E-state index in [-0.39, 0.29) is 0 Å². The van der Waals surface area contributed by atoms with Crippen molar-refractivity contribution in [2.24, 2.45) is 5.92 Å². The van der Waals surface area contributed by atoms with Gasteiger partial charge in [-0.15, -0.1) is 0 Å². The molecule has 0 radical (unpaired) electrons. The molecule has 0 unspecified atom stereocenters. The molecule has 3 aliphatic rings. The van der Waals surface area contributed by atoms with Crippen LogP contribution in [0.5, 0.6) is 0 Å². The van der Waals surface area contributed by atoms with Crippen molar-refractivity contribution in [1.82, 2.24) is 4.90 Å². The van der Waals surface area contributed by atoms with Gasteiger partial charge in [0.15, 0.2) is 0 Å². The smallest absolute Gasteiger partial charge is 0.0244 e. The molecule has 1 aliphatic carbocycles. The van der Waals surface area contributed by atoms with Gasteiger partial charge in [-0.1, -0.05) is 0 Å². The minimum atomic E-state index is 1.03. The van der Waals surface area contributed by atoms with Gasteiger partial charge < -0.3 is 4.90 Å². The third-order valence-corrected chi connectivity index (χ3v) is 2.83. The maximum absolute atomic E-state index is 2.59. The van der Waals surface area contributed by atoms with Crippen LogP contribution in [0.3, 0.4) is 0 Å². The number of fused-ring (bicyclic) bond motifs is 2. The standard InChI is InChI=1S/C8H11N/c1-2-8-7-4-6(7)5-9(8)3-1/h6H,1-5H2/t6-/m1/s1. The molecule has 3 rings (SSSR count). The number of allylic oxidation sites excluding steroid dienone is 1. The van der Waals surface area contributed by atoms with Crippen LogP contribution in [0, 0.1) is 5.92 Å². The molecule has 0 spiro atoms. The minimum absolute atomic E-state index is 1.03. The van der Waals surface area contributed by atoms with E-state index >= 15 is 0 Å². The molecule has 0 N–H and O–H groups in total. The summed E-state index contributed by atoms with van der Waals surface area (Å²) in [7, 11) is 0. The molecule has 0 bridgehead atoms. The Hall–Kier alpha value is -0.460. The summed E-state index contributed by atoms with van der Waals surface area (Å²) in [5.41, 5.74) is 3.55. The lowest BCUT2D eigenvalue weighted by Crippen LogP contribution is -2.16. The SMILES string of the molecule is C1CC2=C3C[C@@H]3CN2C1. The molecule has 1 atom stereocenters. The van der Waals surface area contributed by atoms with Crippen LogP contribution in [-0.4, -0.2) is 18.0 Å². The van der Waals surface area contributed by atoms with Gasteiger partial charge in [-0.2, -0.15) is 0 Å². The lowest BCUT2D eigenvalue weighted by atomic mass is 10.3. The second-order valence-electron chi connectivity index (χ2n) is 3.42. The minimum Gasteiger partial charge on any atom is -0.374 e. The quantitative estimate of drug-likeness (QED) is 0.468. The fraction of sp³-hybridized carbons (Fsp3) is 0.750. The van der Waals surface area contributed by atoms with Crippen LogP contribution in [0.25, 0.3) is 0 Å². The molecule has 0 aromatic heterocycles. The molecule has 1 saturated heterocycles. The molecule has 9 heavy (non-hydrogen) atoms. The molecule has 0 amide bonds. The first kappa shape index (κ1) is 4.37. The highest BCUT2D eigenvalue weighted by molar-refractivity contribution is 5.36. The van der Waals surface area contributed by atoms with E-state index in [1.165, 1.54) is 32.4 Å². The summed E-state index contributed by atoms with van der Waals surface area (Å²) in [5, 5.41) is 0. The first-order valence-corrected chi connectivity index (χ1v) is 3.92. The molecule has 1 nitrogen and oxygen atoms in total. The zero-order valence-electron chi connectivity index (χ0n) is 5.56. The van der Waals surface area contributed by atoms with Gasteiger partial charge in [-0.05, 0) is 24.8 Å². The fourth-order valence-electron chi connectivity index (χ4n) is 2.30. The van der Waals surface area contributed by atoms with E-state index in [1.807, 2.05) is 5.57 Å². The zero-order chi connectivity index (χ0) is 5.84. The summed E-state index contributed by atoms with van der Waals surface area (Å²) < 4.78 is 0. The average molecular weight is 121 g/mol. The summed E-state index contributed by atoms with van der Waals surface area (Å²) in [6, 6.07) is 0. The van der Waals surface area contributed by atoms with E-state index in [1.54, 1.807) is 5.70 Å². The van der Waals surface area contributed by atoms with E-state index in [4.69, 9.17) is 0 Å². The number of hydrogen-bond donors (Lipinski definition) is 0. The topological polar surface area (TPSA) is 3.24 Å². The van der Waals surface area contributed by atoms with E-state index in [2.05, 4.69) is 4.90 Å². The van der Waals surface area contributed by atoms with E-state index in [0.717, 1.165) is 5.92 Å². The van der Waals surface area contributed by atoms with Crippen LogP contribution in [0.15, 0.2) is 11.3 Å². The maximum atomic E-state index is 2.59. The number of nitrogens with zero attached hydrogens (tertiary/aromatic N) is 1. The zero-order valence-corrected chi connectivity index (χ0v) is 5.56. The normalized spacial score (nSPS) is 37.3. The van der Waals surface area contributed by atoms with Gasteiger partial charge in [0, 0.05) is 24.7 Å². The Morgan fingerprint density at radius 2 is 2.44 bits per heavy atom. The van der Waals surface area contributed by atoms with Crippen molar-refractivity contribution in [1.29, 1.82) is 0 Å². The Labute approximate surface area is 55.3 Å². The van der Waals surface area contributed by atoms with Crippen molar-refractivity contribution in [3.05, 3.63) is 11.3 Å².